The summed E-state index contributed by atoms with van der Waals surface area (Å²) in [5, 5.41) is 0. The fourth-order valence-corrected chi connectivity index (χ4v) is 1.95. The van der Waals surface area contributed by atoms with Gasteiger partial charge < -0.3 is 15.4 Å². The number of ether oxygens (including phenoxy) is 1. The smallest absolute Gasteiger partial charge is 0.0474 e. The third-order valence-corrected chi connectivity index (χ3v) is 2.73. The highest BCUT2D eigenvalue weighted by atomic mass is 16.5. The lowest BCUT2D eigenvalue weighted by atomic mass is 9.80. The Kier molecular flexibility index (Phi) is 4.70. The van der Waals surface area contributed by atoms with Crippen molar-refractivity contribution in [2.75, 3.05) is 33.9 Å². The molecule has 1 aliphatic rings. The van der Waals surface area contributed by atoms with E-state index in [9.17, 15) is 0 Å². The zero-order chi connectivity index (χ0) is 9.68. The molecular weight excluding hydrogens is 164 g/mol. The molecule has 0 aromatic rings. The number of nitrogens with zero attached hydrogens (tertiary/aromatic N) is 1. The van der Waals surface area contributed by atoms with E-state index in [0.717, 1.165) is 25.5 Å². The molecule has 0 heterocycles. The van der Waals surface area contributed by atoms with Gasteiger partial charge in [-0.05, 0) is 32.2 Å². The van der Waals surface area contributed by atoms with E-state index in [2.05, 4.69) is 11.9 Å². The SMILES string of the molecule is COCCCN(C)CC1CC(N)C1. The van der Waals surface area contributed by atoms with E-state index in [4.69, 9.17) is 10.5 Å². The number of methoxy groups -OCH3 is 1. The molecule has 0 spiro atoms. The molecule has 0 saturated heterocycles. The van der Waals surface area contributed by atoms with Crippen molar-refractivity contribution in [2.45, 2.75) is 25.3 Å². The number of rotatable bonds is 6. The fraction of sp³-hybridized carbons (Fsp3) is 1.00. The highest BCUT2D eigenvalue weighted by Gasteiger charge is 2.26. The second-order valence-corrected chi connectivity index (χ2v) is 4.21. The molecule has 1 saturated carbocycles. The molecule has 1 rings (SSSR count). The van der Waals surface area contributed by atoms with Crippen molar-refractivity contribution in [3.8, 4) is 0 Å². The second kappa shape index (κ2) is 5.58. The number of hydrogen-bond acceptors (Lipinski definition) is 3. The van der Waals surface area contributed by atoms with Gasteiger partial charge in [0.1, 0.15) is 0 Å². The van der Waals surface area contributed by atoms with Gasteiger partial charge in [-0.1, -0.05) is 0 Å². The molecule has 3 nitrogen and oxygen atoms in total. The van der Waals surface area contributed by atoms with Crippen molar-refractivity contribution < 1.29 is 4.74 Å². The number of hydrogen-bond donors (Lipinski definition) is 1. The molecule has 0 aromatic carbocycles. The minimum Gasteiger partial charge on any atom is -0.385 e. The Morgan fingerprint density at radius 1 is 1.46 bits per heavy atom. The summed E-state index contributed by atoms with van der Waals surface area (Å²) in [6.07, 6.45) is 3.56. The highest BCUT2D eigenvalue weighted by Crippen LogP contribution is 2.25. The van der Waals surface area contributed by atoms with Gasteiger partial charge in [-0.15, -0.1) is 0 Å². The quantitative estimate of drug-likeness (QED) is 0.620. The van der Waals surface area contributed by atoms with Gasteiger partial charge in [-0.25, -0.2) is 0 Å². The summed E-state index contributed by atoms with van der Waals surface area (Å²) in [6.45, 7) is 3.21. The van der Waals surface area contributed by atoms with Crippen LogP contribution in [0.15, 0.2) is 0 Å². The molecule has 78 valence electrons. The Bertz CT molecular complexity index is 135. The van der Waals surface area contributed by atoms with Crippen molar-refractivity contribution >= 4 is 0 Å². The van der Waals surface area contributed by atoms with Crippen molar-refractivity contribution in [3.05, 3.63) is 0 Å². The third-order valence-electron chi connectivity index (χ3n) is 2.73. The van der Waals surface area contributed by atoms with Gasteiger partial charge >= 0.3 is 0 Å². The molecule has 2 N–H and O–H groups in total. The largest absolute Gasteiger partial charge is 0.385 e. The first-order chi connectivity index (χ1) is 6.22. The van der Waals surface area contributed by atoms with Crippen LogP contribution in [0.5, 0.6) is 0 Å². The maximum absolute atomic E-state index is 5.73. The molecule has 13 heavy (non-hydrogen) atoms. The van der Waals surface area contributed by atoms with E-state index >= 15 is 0 Å². The zero-order valence-corrected chi connectivity index (χ0v) is 8.83. The predicted octanol–water partition coefficient (Wildman–Crippen LogP) is 0.692. The summed E-state index contributed by atoms with van der Waals surface area (Å²) in [7, 11) is 3.93. The van der Waals surface area contributed by atoms with Crippen LogP contribution in [0.3, 0.4) is 0 Å². The van der Waals surface area contributed by atoms with Crippen LogP contribution in [0, 0.1) is 5.92 Å². The van der Waals surface area contributed by atoms with Crippen LogP contribution in [0.2, 0.25) is 0 Å². The Balaban J connectivity index is 1.95. The molecule has 0 atom stereocenters. The van der Waals surface area contributed by atoms with E-state index in [1.54, 1.807) is 7.11 Å². The second-order valence-electron chi connectivity index (χ2n) is 4.21. The summed E-state index contributed by atoms with van der Waals surface area (Å²) in [5.41, 5.74) is 5.73. The molecule has 0 unspecified atom stereocenters. The molecule has 1 fully saturated rings. The monoisotopic (exact) mass is 186 g/mol. The average Bonchev–Trinajstić information content (AvgIpc) is 2.02. The molecule has 0 amide bonds. The zero-order valence-electron chi connectivity index (χ0n) is 8.83. The molecule has 1 aliphatic carbocycles. The van der Waals surface area contributed by atoms with E-state index in [1.807, 2.05) is 0 Å². The number of nitrogens with two attached hydrogens (primary N) is 1. The Morgan fingerprint density at radius 2 is 2.15 bits per heavy atom. The Labute approximate surface area is 81.2 Å². The summed E-state index contributed by atoms with van der Waals surface area (Å²) < 4.78 is 5.01. The van der Waals surface area contributed by atoms with E-state index in [-0.39, 0.29) is 0 Å². The minimum absolute atomic E-state index is 0.484. The van der Waals surface area contributed by atoms with Crippen LogP contribution in [-0.2, 0) is 4.74 Å². The van der Waals surface area contributed by atoms with Crippen molar-refractivity contribution in [1.82, 2.24) is 4.90 Å². The first kappa shape index (κ1) is 11.0. The van der Waals surface area contributed by atoms with E-state index in [0.29, 0.717) is 6.04 Å². The van der Waals surface area contributed by atoms with Gasteiger partial charge in [0.05, 0.1) is 0 Å². The lowest BCUT2D eigenvalue weighted by Gasteiger charge is -2.35. The van der Waals surface area contributed by atoms with Gasteiger partial charge in [0.15, 0.2) is 0 Å². The van der Waals surface area contributed by atoms with Gasteiger partial charge in [0.2, 0.25) is 0 Å². The molecule has 0 bridgehead atoms. The van der Waals surface area contributed by atoms with Crippen LogP contribution in [0.4, 0.5) is 0 Å². The summed E-state index contributed by atoms with van der Waals surface area (Å²) in [5.74, 6) is 0.850. The fourth-order valence-electron chi connectivity index (χ4n) is 1.95. The first-order valence-corrected chi connectivity index (χ1v) is 5.15. The normalized spacial score (nSPS) is 27.7. The van der Waals surface area contributed by atoms with E-state index < -0.39 is 0 Å². The summed E-state index contributed by atoms with van der Waals surface area (Å²) in [4.78, 5) is 2.38. The van der Waals surface area contributed by atoms with Crippen molar-refractivity contribution in [1.29, 1.82) is 0 Å². The van der Waals surface area contributed by atoms with E-state index in [1.165, 1.54) is 19.4 Å². The van der Waals surface area contributed by atoms with Gasteiger partial charge in [0.25, 0.3) is 0 Å². The molecular formula is C10H22N2O. The van der Waals surface area contributed by atoms with Crippen molar-refractivity contribution in [3.63, 3.8) is 0 Å². The van der Waals surface area contributed by atoms with Gasteiger partial charge in [-0.3, -0.25) is 0 Å². The molecule has 0 radical (unpaired) electrons. The van der Waals surface area contributed by atoms with Gasteiger partial charge in [0, 0.05) is 32.8 Å². The minimum atomic E-state index is 0.484. The van der Waals surface area contributed by atoms with Crippen LogP contribution in [0.1, 0.15) is 19.3 Å². The van der Waals surface area contributed by atoms with Crippen LogP contribution in [-0.4, -0.2) is 44.8 Å². The van der Waals surface area contributed by atoms with Crippen LogP contribution in [0.25, 0.3) is 0 Å². The first-order valence-electron chi connectivity index (χ1n) is 5.15. The summed E-state index contributed by atoms with van der Waals surface area (Å²) >= 11 is 0. The Hall–Kier alpha value is -0.120. The third kappa shape index (κ3) is 4.07. The predicted molar refractivity (Wildman–Crippen MR) is 54.7 cm³/mol. The molecule has 0 aromatic heterocycles. The lowest BCUT2D eigenvalue weighted by Crippen LogP contribution is -2.42. The average molecular weight is 186 g/mol. The topological polar surface area (TPSA) is 38.5 Å². The lowest BCUT2D eigenvalue weighted by molar-refractivity contribution is 0.153. The maximum atomic E-state index is 5.73. The summed E-state index contributed by atoms with van der Waals surface area (Å²) in [6, 6.07) is 0.484. The van der Waals surface area contributed by atoms with Crippen LogP contribution < -0.4 is 5.73 Å². The van der Waals surface area contributed by atoms with Crippen LogP contribution >= 0.6 is 0 Å². The Morgan fingerprint density at radius 3 is 2.69 bits per heavy atom. The standard InChI is InChI=1S/C10H22N2O/c1-12(4-3-5-13-2)8-9-6-10(11)7-9/h9-10H,3-8,11H2,1-2H3. The molecule has 3 heteroatoms. The van der Waals surface area contributed by atoms with Gasteiger partial charge in [-0.2, -0.15) is 0 Å². The van der Waals surface area contributed by atoms with Crippen molar-refractivity contribution in [2.24, 2.45) is 11.7 Å². The highest BCUT2D eigenvalue weighted by molar-refractivity contribution is 4.83. The molecule has 0 aliphatic heterocycles. The maximum Gasteiger partial charge on any atom is 0.0474 e.